The van der Waals surface area contributed by atoms with E-state index in [0.29, 0.717) is 5.02 Å². The Labute approximate surface area is 128 Å². The minimum atomic E-state index is -0.250. The highest BCUT2D eigenvalue weighted by molar-refractivity contribution is 7.12. The van der Waals surface area contributed by atoms with Crippen molar-refractivity contribution in [3.63, 3.8) is 0 Å². The van der Waals surface area contributed by atoms with Crippen molar-refractivity contribution in [3.05, 3.63) is 56.5 Å². The molecule has 0 radical (unpaired) electrons. The van der Waals surface area contributed by atoms with Gasteiger partial charge in [0.2, 0.25) is 0 Å². The predicted molar refractivity (Wildman–Crippen MR) is 85.2 cm³/mol. The molecular formula is C16H19ClFNS. The third kappa shape index (κ3) is 3.60. The van der Waals surface area contributed by atoms with Crippen LogP contribution < -0.4 is 5.32 Å². The van der Waals surface area contributed by atoms with Gasteiger partial charge in [0.1, 0.15) is 5.82 Å². The largest absolute Gasteiger partial charge is 0.306 e. The van der Waals surface area contributed by atoms with Crippen LogP contribution in [0.1, 0.15) is 41.6 Å². The van der Waals surface area contributed by atoms with Crippen molar-refractivity contribution >= 4 is 22.9 Å². The standard InChI is InChI=1S/C16H19ClFNS/c1-3-9-19-16(15-8-6-12(4-2)20-15)13-10-11(18)5-7-14(13)17/h5-8,10,16,19H,3-4,9H2,1-2H3. The van der Waals surface area contributed by atoms with Crippen LogP contribution in [0, 0.1) is 5.82 Å². The van der Waals surface area contributed by atoms with E-state index in [4.69, 9.17) is 11.6 Å². The molecule has 0 aliphatic rings. The van der Waals surface area contributed by atoms with Gasteiger partial charge in [-0.3, -0.25) is 0 Å². The second kappa shape index (κ2) is 7.21. The zero-order chi connectivity index (χ0) is 14.5. The molecule has 0 saturated heterocycles. The Kier molecular flexibility index (Phi) is 5.58. The molecule has 1 nitrogen and oxygen atoms in total. The van der Waals surface area contributed by atoms with Crippen molar-refractivity contribution in [2.24, 2.45) is 0 Å². The number of nitrogens with one attached hydrogen (secondary N) is 1. The Hall–Kier alpha value is -0.900. The van der Waals surface area contributed by atoms with Crippen LogP contribution in [0.4, 0.5) is 4.39 Å². The topological polar surface area (TPSA) is 12.0 Å². The van der Waals surface area contributed by atoms with Crippen molar-refractivity contribution in [3.8, 4) is 0 Å². The van der Waals surface area contributed by atoms with E-state index >= 15 is 0 Å². The molecule has 0 saturated carbocycles. The molecule has 0 fully saturated rings. The quantitative estimate of drug-likeness (QED) is 0.774. The van der Waals surface area contributed by atoms with Crippen LogP contribution in [-0.2, 0) is 6.42 Å². The number of hydrogen-bond acceptors (Lipinski definition) is 2. The lowest BCUT2D eigenvalue weighted by atomic mass is 10.0. The average Bonchev–Trinajstić information content (AvgIpc) is 2.92. The van der Waals surface area contributed by atoms with Crippen LogP contribution in [0.2, 0.25) is 5.02 Å². The summed E-state index contributed by atoms with van der Waals surface area (Å²) in [6.07, 6.45) is 2.04. The molecule has 0 spiro atoms. The first kappa shape index (κ1) is 15.5. The zero-order valence-corrected chi connectivity index (χ0v) is 13.3. The van der Waals surface area contributed by atoms with Gasteiger partial charge in [-0.05, 0) is 55.3 Å². The van der Waals surface area contributed by atoms with E-state index in [0.717, 1.165) is 24.9 Å². The Morgan fingerprint density at radius 1 is 1.25 bits per heavy atom. The zero-order valence-electron chi connectivity index (χ0n) is 11.7. The minimum Gasteiger partial charge on any atom is -0.306 e. The van der Waals surface area contributed by atoms with E-state index in [-0.39, 0.29) is 11.9 Å². The maximum atomic E-state index is 13.5. The Bertz CT molecular complexity index is 567. The van der Waals surface area contributed by atoms with Gasteiger partial charge in [0.15, 0.2) is 0 Å². The molecule has 0 aliphatic carbocycles. The van der Waals surface area contributed by atoms with E-state index in [1.165, 1.54) is 21.9 Å². The molecule has 20 heavy (non-hydrogen) atoms. The van der Waals surface area contributed by atoms with Crippen LogP contribution in [0.15, 0.2) is 30.3 Å². The number of aryl methyl sites for hydroxylation is 1. The van der Waals surface area contributed by atoms with E-state index < -0.39 is 0 Å². The van der Waals surface area contributed by atoms with Gasteiger partial charge in [-0.25, -0.2) is 4.39 Å². The summed E-state index contributed by atoms with van der Waals surface area (Å²) in [6.45, 7) is 5.12. The third-order valence-corrected chi connectivity index (χ3v) is 4.82. The van der Waals surface area contributed by atoms with Gasteiger partial charge < -0.3 is 5.32 Å². The first-order valence-electron chi connectivity index (χ1n) is 6.92. The van der Waals surface area contributed by atoms with Crippen LogP contribution in [0.3, 0.4) is 0 Å². The summed E-state index contributed by atoms with van der Waals surface area (Å²) in [4.78, 5) is 2.51. The second-order valence-electron chi connectivity index (χ2n) is 4.71. The molecule has 2 rings (SSSR count). The molecule has 0 bridgehead atoms. The fourth-order valence-electron chi connectivity index (χ4n) is 2.13. The summed E-state index contributed by atoms with van der Waals surface area (Å²) >= 11 is 8.02. The highest BCUT2D eigenvalue weighted by Crippen LogP contribution is 2.33. The summed E-state index contributed by atoms with van der Waals surface area (Å²) in [5.41, 5.74) is 0.810. The molecule has 0 aliphatic heterocycles. The lowest BCUT2D eigenvalue weighted by molar-refractivity contribution is 0.591. The number of halogens is 2. The van der Waals surface area contributed by atoms with Gasteiger partial charge in [0.05, 0.1) is 6.04 Å². The third-order valence-electron chi connectivity index (χ3n) is 3.18. The molecule has 1 N–H and O–H groups in total. The summed E-state index contributed by atoms with van der Waals surface area (Å²) in [5, 5.41) is 4.07. The Morgan fingerprint density at radius 3 is 2.70 bits per heavy atom. The lowest BCUT2D eigenvalue weighted by Crippen LogP contribution is -2.22. The van der Waals surface area contributed by atoms with Gasteiger partial charge in [0, 0.05) is 14.8 Å². The monoisotopic (exact) mass is 311 g/mol. The number of thiophene rings is 1. The fourth-order valence-corrected chi connectivity index (χ4v) is 3.40. The van der Waals surface area contributed by atoms with Crippen molar-refractivity contribution in [1.82, 2.24) is 5.32 Å². The molecular weight excluding hydrogens is 293 g/mol. The molecule has 0 amide bonds. The van der Waals surface area contributed by atoms with E-state index in [1.54, 1.807) is 17.4 Å². The molecule has 1 atom stereocenters. The lowest BCUT2D eigenvalue weighted by Gasteiger charge is -2.19. The van der Waals surface area contributed by atoms with Crippen LogP contribution in [0.5, 0.6) is 0 Å². The maximum Gasteiger partial charge on any atom is 0.123 e. The maximum absolute atomic E-state index is 13.5. The Morgan fingerprint density at radius 2 is 2.05 bits per heavy atom. The van der Waals surface area contributed by atoms with Crippen molar-refractivity contribution in [2.45, 2.75) is 32.7 Å². The fraction of sp³-hybridized carbons (Fsp3) is 0.375. The van der Waals surface area contributed by atoms with E-state index in [2.05, 4.69) is 31.3 Å². The molecule has 1 heterocycles. The SMILES string of the molecule is CCCNC(c1ccc(CC)s1)c1cc(F)ccc1Cl. The smallest absolute Gasteiger partial charge is 0.123 e. The minimum absolute atomic E-state index is 0.0385. The van der Waals surface area contributed by atoms with Gasteiger partial charge in [-0.15, -0.1) is 11.3 Å². The summed E-state index contributed by atoms with van der Waals surface area (Å²) < 4.78 is 13.5. The molecule has 4 heteroatoms. The van der Waals surface area contributed by atoms with Crippen molar-refractivity contribution in [1.29, 1.82) is 0 Å². The predicted octanol–water partition coefficient (Wildman–Crippen LogP) is 5.19. The van der Waals surface area contributed by atoms with Crippen molar-refractivity contribution in [2.75, 3.05) is 6.54 Å². The summed E-state index contributed by atoms with van der Waals surface area (Å²) in [7, 11) is 0. The first-order valence-corrected chi connectivity index (χ1v) is 8.12. The van der Waals surface area contributed by atoms with Crippen LogP contribution in [-0.4, -0.2) is 6.54 Å². The molecule has 1 aromatic carbocycles. The van der Waals surface area contributed by atoms with Crippen molar-refractivity contribution < 1.29 is 4.39 Å². The summed E-state index contributed by atoms with van der Waals surface area (Å²) in [6, 6.07) is 8.76. The number of hydrogen-bond donors (Lipinski definition) is 1. The van der Waals surface area contributed by atoms with Gasteiger partial charge >= 0.3 is 0 Å². The van der Waals surface area contributed by atoms with E-state index in [9.17, 15) is 4.39 Å². The highest BCUT2D eigenvalue weighted by atomic mass is 35.5. The molecule has 1 aromatic heterocycles. The van der Waals surface area contributed by atoms with Crippen LogP contribution >= 0.6 is 22.9 Å². The van der Waals surface area contributed by atoms with Crippen LogP contribution in [0.25, 0.3) is 0 Å². The second-order valence-corrected chi connectivity index (χ2v) is 6.32. The normalized spacial score (nSPS) is 12.6. The Balaban J connectivity index is 2.38. The molecule has 108 valence electrons. The van der Waals surface area contributed by atoms with Gasteiger partial charge in [-0.2, -0.15) is 0 Å². The molecule has 1 unspecified atom stereocenters. The van der Waals surface area contributed by atoms with Gasteiger partial charge in [0.25, 0.3) is 0 Å². The molecule has 2 aromatic rings. The van der Waals surface area contributed by atoms with Gasteiger partial charge in [-0.1, -0.05) is 25.4 Å². The summed E-state index contributed by atoms with van der Waals surface area (Å²) in [5.74, 6) is -0.250. The van der Waals surface area contributed by atoms with E-state index in [1.807, 2.05) is 0 Å². The highest BCUT2D eigenvalue weighted by Gasteiger charge is 2.18. The number of rotatable bonds is 6. The number of benzene rings is 1. The average molecular weight is 312 g/mol. The first-order chi connectivity index (χ1) is 9.65.